The van der Waals surface area contributed by atoms with Crippen molar-refractivity contribution in [2.24, 2.45) is 0 Å². The van der Waals surface area contributed by atoms with Crippen molar-refractivity contribution in [1.82, 2.24) is 4.98 Å². The highest BCUT2D eigenvalue weighted by Crippen LogP contribution is 2.15. The number of anilines is 1. The molecule has 0 spiro atoms. The highest BCUT2D eigenvalue weighted by molar-refractivity contribution is 6.30. The third-order valence-corrected chi connectivity index (χ3v) is 3.89. The maximum atomic E-state index is 13.2. The van der Waals surface area contributed by atoms with Crippen LogP contribution in [0, 0.1) is 5.82 Å². The molecule has 0 saturated carbocycles. The van der Waals surface area contributed by atoms with Gasteiger partial charge in [0.15, 0.2) is 0 Å². The summed E-state index contributed by atoms with van der Waals surface area (Å²) in [7, 11) is 0. The number of hydrogen-bond acceptors (Lipinski definition) is 2. The van der Waals surface area contributed by atoms with Crippen molar-refractivity contribution < 1.29 is 9.18 Å². The highest BCUT2D eigenvalue weighted by Gasteiger charge is 2.08. The topological polar surface area (TPSA) is 62.0 Å². The standard InChI is InChI=1S/C18H14ClFN2O2/c19-13-3-6-15(7-4-13)21-17(23)8-2-12-9-11-1-5-14(20)10-16(11)22-18(12)24/h1,3-7,9-10H,2,8H2,(H,21,23)(H,22,24). The van der Waals surface area contributed by atoms with E-state index < -0.39 is 5.82 Å². The maximum Gasteiger partial charge on any atom is 0.251 e. The zero-order chi connectivity index (χ0) is 17.1. The Bertz CT molecular complexity index is 951. The van der Waals surface area contributed by atoms with Crippen LogP contribution in [0.25, 0.3) is 10.9 Å². The van der Waals surface area contributed by atoms with Crippen molar-refractivity contribution >= 4 is 34.1 Å². The lowest BCUT2D eigenvalue weighted by atomic mass is 10.1. The Morgan fingerprint density at radius 3 is 2.62 bits per heavy atom. The average molecular weight is 345 g/mol. The SMILES string of the molecule is O=C(CCc1cc2ccc(F)cc2[nH]c1=O)Nc1ccc(Cl)cc1. The fourth-order valence-electron chi connectivity index (χ4n) is 2.41. The minimum atomic E-state index is -0.409. The van der Waals surface area contributed by atoms with E-state index in [0.717, 1.165) is 5.39 Å². The molecular weight excluding hydrogens is 331 g/mol. The van der Waals surface area contributed by atoms with E-state index in [1.807, 2.05) is 0 Å². The number of carbonyl (C=O) groups excluding carboxylic acids is 1. The maximum absolute atomic E-state index is 13.2. The van der Waals surface area contributed by atoms with E-state index in [-0.39, 0.29) is 17.9 Å². The lowest BCUT2D eigenvalue weighted by molar-refractivity contribution is -0.116. The molecule has 3 aromatic rings. The molecular formula is C18H14ClFN2O2. The van der Waals surface area contributed by atoms with Crippen LogP contribution in [-0.4, -0.2) is 10.9 Å². The number of benzene rings is 2. The number of nitrogens with one attached hydrogen (secondary N) is 2. The largest absolute Gasteiger partial charge is 0.326 e. The van der Waals surface area contributed by atoms with Gasteiger partial charge in [0.2, 0.25) is 5.91 Å². The molecule has 6 heteroatoms. The number of amides is 1. The number of rotatable bonds is 4. The molecule has 0 aliphatic carbocycles. The first-order chi connectivity index (χ1) is 11.5. The van der Waals surface area contributed by atoms with Crippen molar-refractivity contribution in [2.75, 3.05) is 5.32 Å². The quantitative estimate of drug-likeness (QED) is 0.754. The van der Waals surface area contributed by atoms with Gasteiger partial charge in [0.05, 0.1) is 5.52 Å². The summed E-state index contributed by atoms with van der Waals surface area (Å²) in [5.41, 5.74) is 1.26. The fourth-order valence-corrected chi connectivity index (χ4v) is 2.54. The minimum absolute atomic E-state index is 0.165. The summed E-state index contributed by atoms with van der Waals surface area (Å²) >= 11 is 5.79. The van der Waals surface area contributed by atoms with Crippen LogP contribution in [0.1, 0.15) is 12.0 Å². The Morgan fingerprint density at radius 2 is 1.88 bits per heavy atom. The summed E-state index contributed by atoms with van der Waals surface area (Å²) < 4.78 is 13.2. The Hall–Kier alpha value is -2.66. The van der Waals surface area contributed by atoms with Crippen molar-refractivity contribution in [3.05, 3.63) is 75.3 Å². The Balaban J connectivity index is 1.69. The molecule has 122 valence electrons. The summed E-state index contributed by atoms with van der Waals surface area (Å²) in [5, 5.41) is 4.06. The van der Waals surface area contributed by atoms with Gasteiger partial charge in [-0.2, -0.15) is 0 Å². The molecule has 0 bridgehead atoms. The molecule has 2 N–H and O–H groups in total. The smallest absolute Gasteiger partial charge is 0.251 e. The summed E-state index contributed by atoms with van der Waals surface area (Å²) in [4.78, 5) is 26.6. The van der Waals surface area contributed by atoms with Crippen LogP contribution in [0.4, 0.5) is 10.1 Å². The molecule has 1 heterocycles. The van der Waals surface area contributed by atoms with Crippen LogP contribution in [-0.2, 0) is 11.2 Å². The number of aromatic amines is 1. The van der Waals surface area contributed by atoms with Crippen LogP contribution < -0.4 is 10.9 Å². The first-order valence-electron chi connectivity index (χ1n) is 7.38. The number of hydrogen-bond donors (Lipinski definition) is 2. The number of aromatic nitrogens is 1. The molecule has 1 aromatic heterocycles. The number of carbonyl (C=O) groups is 1. The van der Waals surface area contributed by atoms with Gasteiger partial charge in [-0.3, -0.25) is 9.59 Å². The number of fused-ring (bicyclic) bond motifs is 1. The zero-order valence-electron chi connectivity index (χ0n) is 12.6. The van der Waals surface area contributed by atoms with Gasteiger partial charge in [-0.15, -0.1) is 0 Å². The molecule has 0 aliphatic heterocycles. The second kappa shape index (κ2) is 6.84. The normalized spacial score (nSPS) is 10.8. The molecule has 1 amide bonds. The van der Waals surface area contributed by atoms with E-state index in [1.165, 1.54) is 12.1 Å². The molecule has 0 saturated heterocycles. The van der Waals surface area contributed by atoms with E-state index in [1.54, 1.807) is 36.4 Å². The van der Waals surface area contributed by atoms with E-state index in [0.29, 0.717) is 28.2 Å². The summed E-state index contributed by atoms with van der Waals surface area (Å²) in [6, 6.07) is 12.7. The van der Waals surface area contributed by atoms with E-state index in [4.69, 9.17) is 11.6 Å². The third-order valence-electron chi connectivity index (χ3n) is 3.63. The van der Waals surface area contributed by atoms with Crippen LogP contribution in [0.5, 0.6) is 0 Å². The molecule has 4 nitrogen and oxygen atoms in total. The first kappa shape index (κ1) is 16.2. The second-order valence-corrected chi connectivity index (χ2v) is 5.85. The van der Waals surface area contributed by atoms with Crippen LogP contribution in [0.3, 0.4) is 0 Å². The molecule has 0 aliphatic rings. The van der Waals surface area contributed by atoms with Crippen molar-refractivity contribution in [3.8, 4) is 0 Å². The molecule has 24 heavy (non-hydrogen) atoms. The molecule has 0 fully saturated rings. The number of H-pyrrole nitrogens is 1. The summed E-state index contributed by atoms with van der Waals surface area (Å²) in [6.45, 7) is 0. The van der Waals surface area contributed by atoms with Gasteiger partial charge in [0.1, 0.15) is 5.82 Å². The molecule has 0 radical (unpaired) electrons. The lowest BCUT2D eigenvalue weighted by Gasteiger charge is -2.06. The van der Waals surface area contributed by atoms with E-state index in [2.05, 4.69) is 10.3 Å². The van der Waals surface area contributed by atoms with Crippen molar-refractivity contribution in [3.63, 3.8) is 0 Å². The Kier molecular flexibility index (Phi) is 4.62. The van der Waals surface area contributed by atoms with Gasteiger partial charge in [-0.25, -0.2) is 4.39 Å². The predicted molar refractivity (Wildman–Crippen MR) is 92.9 cm³/mol. The third kappa shape index (κ3) is 3.81. The van der Waals surface area contributed by atoms with Crippen LogP contribution in [0.2, 0.25) is 5.02 Å². The Morgan fingerprint density at radius 1 is 1.12 bits per heavy atom. The molecule has 0 atom stereocenters. The molecule has 0 unspecified atom stereocenters. The lowest BCUT2D eigenvalue weighted by Crippen LogP contribution is -2.17. The predicted octanol–water partition coefficient (Wildman–Crippen LogP) is 3.89. The summed E-state index contributed by atoms with van der Waals surface area (Å²) in [6.07, 6.45) is 0.459. The van der Waals surface area contributed by atoms with Gasteiger partial charge >= 0.3 is 0 Å². The van der Waals surface area contributed by atoms with Crippen molar-refractivity contribution in [1.29, 1.82) is 0 Å². The van der Waals surface area contributed by atoms with Crippen molar-refractivity contribution in [2.45, 2.75) is 12.8 Å². The van der Waals surface area contributed by atoms with E-state index in [9.17, 15) is 14.0 Å². The minimum Gasteiger partial charge on any atom is -0.326 e. The zero-order valence-corrected chi connectivity index (χ0v) is 13.4. The fraction of sp³-hybridized carbons (Fsp3) is 0.111. The van der Waals surface area contributed by atoms with Crippen LogP contribution in [0.15, 0.2) is 53.3 Å². The van der Waals surface area contributed by atoms with Gasteiger partial charge in [0, 0.05) is 22.7 Å². The monoisotopic (exact) mass is 344 g/mol. The Labute approximate surface area is 142 Å². The number of aryl methyl sites for hydroxylation is 1. The first-order valence-corrected chi connectivity index (χ1v) is 7.76. The second-order valence-electron chi connectivity index (χ2n) is 5.41. The van der Waals surface area contributed by atoms with E-state index >= 15 is 0 Å². The molecule has 2 aromatic carbocycles. The average Bonchev–Trinajstić information content (AvgIpc) is 2.55. The number of pyridine rings is 1. The highest BCUT2D eigenvalue weighted by atomic mass is 35.5. The summed E-state index contributed by atoms with van der Waals surface area (Å²) in [5.74, 6) is -0.607. The van der Waals surface area contributed by atoms with Gasteiger partial charge in [0.25, 0.3) is 5.56 Å². The molecule has 3 rings (SSSR count). The number of halogens is 2. The van der Waals surface area contributed by atoms with Gasteiger partial charge in [-0.05, 0) is 60.3 Å². The van der Waals surface area contributed by atoms with Crippen LogP contribution >= 0.6 is 11.6 Å². The van der Waals surface area contributed by atoms with Gasteiger partial charge in [-0.1, -0.05) is 11.6 Å². The van der Waals surface area contributed by atoms with Gasteiger partial charge < -0.3 is 10.3 Å².